The highest BCUT2D eigenvalue weighted by atomic mass is 19.1. The van der Waals surface area contributed by atoms with Crippen molar-refractivity contribution in [3.63, 3.8) is 0 Å². The Morgan fingerprint density at radius 3 is 2.77 bits per heavy atom. The summed E-state index contributed by atoms with van der Waals surface area (Å²) in [4.78, 5) is 14.8. The molecule has 1 N–H and O–H groups in total. The van der Waals surface area contributed by atoms with E-state index in [-0.39, 0.29) is 5.56 Å². The average Bonchev–Trinajstić information content (AvgIpc) is 3.04. The second-order valence-electron chi connectivity index (χ2n) is 7.96. The number of halogens is 2. The molecule has 2 aromatic carbocycles. The van der Waals surface area contributed by atoms with Crippen molar-refractivity contribution in [3.8, 4) is 0 Å². The van der Waals surface area contributed by atoms with Crippen molar-refractivity contribution in [1.29, 1.82) is 0 Å². The number of rotatable bonds is 5. The number of aromatic nitrogens is 3. The lowest BCUT2D eigenvalue weighted by atomic mass is 10.1. The quantitative estimate of drug-likeness (QED) is 0.681. The summed E-state index contributed by atoms with van der Waals surface area (Å²) in [6.07, 6.45) is 0.748. The molecule has 31 heavy (non-hydrogen) atoms. The maximum absolute atomic E-state index is 13.9. The first-order valence-corrected chi connectivity index (χ1v) is 10.4. The Bertz CT molecular complexity index is 1100. The van der Waals surface area contributed by atoms with Crippen LogP contribution in [0.1, 0.15) is 46.1 Å². The van der Waals surface area contributed by atoms with E-state index < -0.39 is 23.6 Å². The van der Waals surface area contributed by atoms with Crippen molar-refractivity contribution in [3.05, 3.63) is 82.4 Å². The lowest BCUT2D eigenvalue weighted by Crippen LogP contribution is -2.30. The number of fused-ring (bicyclic) bond motifs is 1. The third kappa shape index (κ3) is 4.80. The number of hydrogen-bond acceptors (Lipinski definition) is 4. The first kappa shape index (κ1) is 21.1. The molecule has 162 valence electrons. The smallest absolute Gasteiger partial charge is 0.254 e. The highest BCUT2D eigenvalue weighted by Crippen LogP contribution is 2.18. The molecule has 0 unspecified atom stereocenters. The Morgan fingerprint density at radius 1 is 1.13 bits per heavy atom. The van der Waals surface area contributed by atoms with Crippen LogP contribution >= 0.6 is 0 Å². The van der Waals surface area contributed by atoms with Gasteiger partial charge in [-0.2, -0.15) is 0 Å². The molecular formula is C23H25F2N5O. The molecule has 0 radical (unpaired) electrons. The zero-order valence-corrected chi connectivity index (χ0v) is 17.6. The van der Waals surface area contributed by atoms with Crippen molar-refractivity contribution in [2.24, 2.45) is 0 Å². The van der Waals surface area contributed by atoms with Gasteiger partial charge in [0.15, 0.2) is 5.82 Å². The molecular weight excluding hydrogens is 400 g/mol. The second-order valence-corrected chi connectivity index (χ2v) is 7.96. The van der Waals surface area contributed by atoms with E-state index in [0.29, 0.717) is 12.4 Å². The third-order valence-corrected chi connectivity index (χ3v) is 5.54. The van der Waals surface area contributed by atoms with Crippen LogP contribution in [0.15, 0.2) is 42.5 Å². The second kappa shape index (κ2) is 8.93. The molecule has 1 aromatic heterocycles. The summed E-state index contributed by atoms with van der Waals surface area (Å²) in [5.41, 5.74) is 2.19. The topological polar surface area (TPSA) is 63.1 Å². The molecule has 0 bridgehead atoms. The van der Waals surface area contributed by atoms with Gasteiger partial charge in [0.05, 0.1) is 11.6 Å². The molecule has 0 spiro atoms. The number of carbonyl (C=O) groups is 1. The number of hydrogen-bond donors (Lipinski definition) is 1. The summed E-state index contributed by atoms with van der Waals surface area (Å²) in [5, 5.41) is 11.3. The fourth-order valence-corrected chi connectivity index (χ4v) is 3.95. The highest BCUT2D eigenvalue weighted by molar-refractivity contribution is 5.94. The Hall–Kier alpha value is -3.13. The van der Waals surface area contributed by atoms with Crippen LogP contribution in [0.2, 0.25) is 0 Å². The number of carbonyl (C=O) groups excluding carboxylic acids is 1. The van der Waals surface area contributed by atoms with Gasteiger partial charge in [-0.3, -0.25) is 9.69 Å². The molecule has 2 heterocycles. The Balaban J connectivity index is 1.44. The number of nitrogens with one attached hydrogen (secondary N) is 1. The van der Waals surface area contributed by atoms with Crippen LogP contribution in [0.4, 0.5) is 8.78 Å². The van der Waals surface area contributed by atoms with Gasteiger partial charge in [-0.05, 0) is 37.6 Å². The lowest BCUT2D eigenvalue weighted by molar-refractivity contribution is 0.0933. The molecule has 0 aliphatic carbocycles. The van der Waals surface area contributed by atoms with E-state index in [9.17, 15) is 13.6 Å². The van der Waals surface area contributed by atoms with Gasteiger partial charge in [-0.25, -0.2) is 8.78 Å². The predicted octanol–water partition coefficient (Wildman–Crippen LogP) is 3.41. The maximum atomic E-state index is 13.9. The maximum Gasteiger partial charge on any atom is 0.254 e. The standard InChI is InChI=1S/C23H25F2N5O/c1-15-4-3-5-17(12-15)14-29-9-8-21-27-28-22(30(21)11-10-29)16(2)26-23(31)19-13-18(24)6-7-20(19)25/h3-7,12-13,16H,8-11,14H2,1-2H3,(H,26,31)/t16-/m0/s1. The van der Waals surface area contributed by atoms with Crippen LogP contribution < -0.4 is 5.32 Å². The van der Waals surface area contributed by atoms with E-state index in [4.69, 9.17) is 0 Å². The monoisotopic (exact) mass is 425 g/mol. The molecule has 8 heteroatoms. The van der Waals surface area contributed by atoms with Crippen LogP contribution in [0, 0.1) is 18.6 Å². The Kier molecular flexibility index (Phi) is 6.08. The van der Waals surface area contributed by atoms with Crippen molar-refractivity contribution >= 4 is 5.91 Å². The van der Waals surface area contributed by atoms with E-state index >= 15 is 0 Å². The molecule has 4 rings (SSSR count). The van der Waals surface area contributed by atoms with Gasteiger partial charge in [0, 0.05) is 32.6 Å². The first-order valence-electron chi connectivity index (χ1n) is 10.4. The fourth-order valence-electron chi connectivity index (χ4n) is 3.95. The summed E-state index contributed by atoms with van der Waals surface area (Å²) >= 11 is 0. The molecule has 1 aliphatic heterocycles. The van der Waals surface area contributed by atoms with Gasteiger partial charge < -0.3 is 9.88 Å². The van der Waals surface area contributed by atoms with Crippen LogP contribution in [0.25, 0.3) is 0 Å². The Labute approximate surface area is 179 Å². The minimum Gasteiger partial charge on any atom is -0.342 e. The minimum absolute atomic E-state index is 0.327. The molecule has 0 saturated carbocycles. The van der Waals surface area contributed by atoms with Crippen molar-refractivity contribution in [1.82, 2.24) is 25.0 Å². The van der Waals surface area contributed by atoms with Crippen LogP contribution in [-0.4, -0.2) is 38.7 Å². The molecule has 3 aromatic rings. The zero-order valence-electron chi connectivity index (χ0n) is 17.6. The largest absolute Gasteiger partial charge is 0.342 e. The van der Waals surface area contributed by atoms with Gasteiger partial charge in [-0.15, -0.1) is 10.2 Å². The SMILES string of the molecule is Cc1cccc(CN2CCc3nnc([C@H](C)NC(=O)c4cc(F)ccc4F)n3CC2)c1. The number of benzene rings is 2. The molecule has 1 amide bonds. The van der Waals surface area contributed by atoms with Crippen molar-refractivity contribution in [2.75, 3.05) is 13.1 Å². The van der Waals surface area contributed by atoms with Crippen LogP contribution in [0.3, 0.4) is 0 Å². The minimum atomic E-state index is -0.766. The van der Waals surface area contributed by atoms with Gasteiger partial charge >= 0.3 is 0 Å². The van der Waals surface area contributed by atoms with E-state index in [1.54, 1.807) is 6.92 Å². The van der Waals surface area contributed by atoms with E-state index in [1.807, 2.05) is 4.57 Å². The van der Waals surface area contributed by atoms with Crippen molar-refractivity contribution in [2.45, 2.75) is 39.4 Å². The summed E-state index contributed by atoms with van der Waals surface area (Å²) in [5.74, 6) is -0.642. The van der Waals surface area contributed by atoms with Crippen LogP contribution in [0.5, 0.6) is 0 Å². The lowest BCUT2D eigenvalue weighted by Gasteiger charge is -2.20. The zero-order chi connectivity index (χ0) is 22.0. The predicted molar refractivity (Wildman–Crippen MR) is 112 cm³/mol. The summed E-state index contributed by atoms with van der Waals surface area (Å²) in [7, 11) is 0. The normalized spacial score (nSPS) is 15.2. The molecule has 0 saturated heterocycles. The first-order chi connectivity index (χ1) is 14.9. The van der Waals surface area contributed by atoms with E-state index in [1.165, 1.54) is 11.1 Å². The van der Waals surface area contributed by atoms with Gasteiger partial charge in [0.1, 0.15) is 17.5 Å². The van der Waals surface area contributed by atoms with E-state index in [2.05, 4.69) is 51.6 Å². The fraction of sp³-hybridized carbons (Fsp3) is 0.348. The van der Waals surface area contributed by atoms with Crippen molar-refractivity contribution < 1.29 is 13.6 Å². The van der Waals surface area contributed by atoms with Gasteiger partial charge in [0.25, 0.3) is 5.91 Å². The van der Waals surface area contributed by atoms with Gasteiger partial charge in [0.2, 0.25) is 0 Å². The Morgan fingerprint density at radius 2 is 1.97 bits per heavy atom. The number of amides is 1. The highest BCUT2D eigenvalue weighted by Gasteiger charge is 2.24. The third-order valence-electron chi connectivity index (χ3n) is 5.54. The molecule has 1 aliphatic rings. The summed E-state index contributed by atoms with van der Waals surface area (Å²) in [6.45, 7) is 7.09. The van der Waals surface area contributed by atoms with Crippen LogP contribution in [-0.2, 0) is 19.5 Å². The number of nitrogens with zero attached hydrogens (tertiary/aromatic N) is 4. The number of aryl methyl sites for hydroxylation is 1. The summed E-state index contributed by atoms with van der Waals surface area (Å²) in [6, 6.07) is 10.8. The molecule has 1 atom stereocenters. The van der Waals surface area contributed by atoms with E-state index in [0.717, 1.165) is 50.1 Å². The molecule has 0 fully saturated rings. The average molecular weight is 425 g/mol. The molecule has 6 nitrogen and oxygen atoms in total. The van der Waals surface area contributed by atoms with Gasteiger partial charge in [-0.1, -0.05) is 29.8 Å². The summed E-state index contributed by atoms with van der Waals surface area (Å²) < 4.78 is 29.4.